The van der Waals surface area contributed by atoms with E-state index < -0.39 is 6.97 Å². The van der Waals surface area contributed by atoms with Gasteiger partial charge in [0.05, 0.1) is 5.57 Å². The lowest BCUT2D eigenvalue weighted by Crippen LogP contribution is -2.51. The minimum atomic E-state index is -4.25. The molecule has 0 bridgehead atoms. The number of nitrogens with zero attached hydrogens (tertiary/aromatic N) is 2. The SMILES string of the molecule is F[B-]1(F)n2c(ccc2-c2cccc3ccccc23)C(c2ccc(I)cc2)=C2C=CC(c3cccc4ccccc34)=[N+]21. The molecule has 0 saturated carbocycles. The van der Waals surface area contributed by atoms with Gasteiger partial charge in [0.15, 0.2) is 11.4 Å². The molecule has 0 atom stereocenters. The highest BCUT2D eigenvalue weighted by molar-refractivity contribution is 14.1. The van der Waals surface area contributed by atoms with Crippen molar-refractivity contribution in [1.82, 2.24) is 4.48 Å². The Morgan fingerprint density at radius 3 is 1.88 bits per heavy atom. The minimum Gasteiger partial charge on any atom is -0.389 e. The monoisotopic (exact) mass is 646 g/mol. The first kappa shape index (κ1) is 24.5. The van der Waals surface area contributed by atoms with E-state index >= 15 is 8.63 Å². The van der Waals surface area contributed by atoms with Gasteiger partial charge >= 0.3 is 6.97 Å². The maximum absolute atomic E-state index is 17.3. The highest BCUT2D eigenvalue weighted by atomic mass is 127. The van der Waals surface area contributed by atoms with Crippen molar-refractivity contribution >= 4 is 62.4 Å². The van der Waals surface area contributed by atoms with Gasteiger partial charge in [0, 0.05) is 38.2 Å². The molecule has 8 rings (SSSR count). The summed E-state index contributed by atoms with van der Waals surface area (Å²) in [5.74, 6) is 0. The summed E-state index contributed by atoms with van der Waals surface area (Å²) in [6.45, 7) is -4.25. The molecule has 0 fully saturated rings. The first-order valence-electron chi connectivity index (χ1n) is 13.6. The molecular formula is C35H22BF2IN2. The quantitative estimate of drug-likeness (QED) is 0.134. The molecule has 196 valence electrons. The highest BCUT2D eigenvalue weighted by Crippen LogP contribution is 2.44. The second-order valence-electron chi connectivity index (χ2n) is 10.5. The maximum atomic E-state index is 17.3. The Hall–Kier alpha value is -4.30. The van der Waals surface area contributed by atoms with Gasteiger partial charge in [-0.15, -0.1) is 0 Å². The number of rotatable bonds is 3. The van der Waals surface area contributed by atoms with E-state index in [9.17, 15) is 0 Å². The summed E-state index contributed by atoms with van der Waals surface area (Å²) in [6.07, 6.45) is 3.71. The Morgan fingerprint density at radius 2 is 1.17 bits per heavy atom. The van der Waals surface area contributed by atoms with Crippen LogP contribution in [0.15, 0.2) is 139 Å². The molecular weight excluding hydrogens is 624 g/mol. The van der Waals surface area contributed by atoms with Gasteiger partial charge in [-0.3, -0.25) is 0 Å². The van der Waals surface area contributed by atoms with Crippen LogP contribution in [0.4, 0.5) is 8.63 Å². The zero-order chi connectivity index (χ0) is 27.7. The molecule has 0 unspecified atom stereocenters. The van der Waals surface area contributed by atoms with E-state index in [0.29, 0.717) is 22.8 Å². The van der Waals surface area contributed by atoms with Crippen molar-refractivity contribution in [2.45, 2.75) is 0 Å². The fourth-order valence-electron chi connectivity index (χ4n) is 6.47. The highest BCUT2D eigenvalue weighted by Gasteiger charge is 2.55. The van der Waals surface area contributed by atoms with Gasteiger partial charge in [-0.1, -0.05) is 91.0 Å². The number of allylic oxidation sites excluding steroid dienone is 2. The molecule has 2 nitrogen and oxygen atoms in total. The number of fused-ring (bicyclic) bond motifs is 4. The Kier molecular flexibility index (Phi) is 5.44. The maximum Gasteiger partial charge on any atom is 0.737 e. The summed E-state index contributed by atoms with van der Waals surface area (Å²) in [6, 6.07) is 39.5. The molecule has 0 saturated heterocycles. The van der Waals surface area contributed by atoms with Crippen LogP contribution in [0.2, 0.25) is 0 Å². The van der Waals surface area contributed by atoms with E-state index in [1.807, 2.05) is 133 Å². The van der Waals surface area contributed by atoms with Crippen molar-refractivity contribution in [3.63, 3.8) is 0 Å². The van der Waals surface area contributed by atoms with Gasteiger partial charge in [0.2, 0.25) is 0 Å². The third-order valence-electron chi connectivity index (χ3n) is 8.23. The lowest BCUT2D eigenvalue weighted by Gasteiger charge is -2.34. The molecule has 41 heavy (non-hydrogen) atoms. The molecule has 0 amide bonds. The van der Waals surface area contributed by atoms with Gasteiger partial charge in [-0.2, -0.15) is 0 Å². The van der Waals surface area contributed by atoms with Gasteiger partial charge in [-0.05, 0) is 80.0 Å². The summed E-state index contributed by atoms with van der Waals surface area (Å²) in [4.78, 5) is 0. The largest absolute Gasteiger partial charge is 0.737 e. The van der Waals surface area contributed by atoms with Gasteiger partial charge in [-0.25, -0.2) is 0 Å². The van der Waals surface area contributed by atoms with E-state index in [4.69, 9.17) is 0 Å². The van der Waals surface area contributed by atoms with Crippen LogP contribution < -0.4 is 0 Å². The number of hydrogen-bond acceptors (Lipinski definition) is 0. The number of aromatic nitrogens is 1. The summed E-state index contributed by atoms with van der Waals surface area (Å²) in [5.41, 5.74) is 5.35. The van der Waals surface area contributed by atoms with E-state index in [0.717, 1.165) is 47.4 Å². The van der Waals surface area contributed by atoms with Crippen LogP contribution in [0.25, 0.3) is 38.4 Å². The third kappa shape index (κ3) is 3.63. The lowest BCUT2D eigenvalue weighted by molar-refractivity contribution is -0.360. The average molecular weight is 646 g/mol. The van der Waals surface area contributed by atoms with Gasteiger partial charge in [0.1, 0.15) is 0 Å². The van der Waals surface area contributed by atoms with Crippen LogP contribution in [0, 0.1) is 3.57 Å². The Morgan fingerprint density at radius 1 is 0.585 bits per heavy atom. The van der Waals surface area contributed by atoms with Crippen molar-refractivity contribution in [2.24, 2.45) is 0 Å². The standard InChI is InChI=1S/C35H22BF2IN2/c37-36(38)40-31(29-13-5-9-23-7-1-3-11-27(23)29)19-21-33(40)35(25-15-17-26(39)18-16-25)34-22-20-32(41(34)36)30-14-6-10-24-8-2-4-12-28(24)30/h1-22H. The molecule has 0 N–H and O–H groups in total. The van der Waals surface area contributed by atoms with E-state index in [2.05, 4.69) is 22.6 Å². The summed E-state index contributed by atoms with van der Waals surface area (Å²) < 4.78 is 38.2. The number of hydrogen-bond donors (Lipinski definition) is 0. The fourth-order valence-corrected chi connectivity index (χ4v) is 6.83. The van der Waals surface area contributed by atoms with Crippen molar-refractivity contribution in [2.75, 3.05) is 0 Å². The summed E-state index contributed by atoms with van der Waals surface area (Å²) >= 11 is 2.28. The van der Waals surface area contributed by atoms with Crippen LogP contribution in [0.3, 0.4) is 0 Å². The van der Waals surface area contributed by atoms with Crippen LogP contribution in [-0.4, -0.2) is 21.6 Å². The Labute approximate surface area is 249 Å². The molecule has 1 aromatic heterocycles. The van der Waals surface area contributed by atoms with Crippen LogP contribution in [-0.2, 0) is 0 Å². The molecule has 3 heterocycles. The van der Waals surface area contributed by atoms with Crippen molar-refractivity contribution in [3.8, 4) is 11.3 Å². The second-order valence-corrected chi connectivity index (χ2v) is 11.7. The van der Waals surface area contributed by atoms with Gasteiger partial charge < -0.3 is 17.6 Å². The molecule has 6 aromatic rings. The topological polar surface area (TPSA) is 7.94 Å². The van der Waals surface area contributed by atoms with E-state index in [1.54, 1.807) is 0 Å². The van der Waals surface area contributed by atoms with Crippen LogP contribution >= 0.6 is 22.6 Å². The van der Waals surface area contributed by atoms with E-state index in [-0.39, 0.29) is 0 Å². The van der Waals surface area contributed by atoms with E-state index in [1.165, 1.54) is 8.96 Å². The number of halogens is 3. The molecule has 0 aliphatic carbocycles. The first-order valence-corrected chi connectivity index (χ1v) is 14.7. The second kappa shape index (κ2) is 9.11. The fraction of sp³-hybridized carbons (Fsp3) is 0. The third-order valence-corrected chi connectivity index (χ3v) is 8.95. The molecule has 2 aliphatic rings. The van der Waals surface area contributed by atoms with Crippen molar-refractivity contribution < 1.29 is 13.1 Å². The molecule has 2 aliphatic heterocycles. The molecule has 5 aromatic carbocycles. The predicted molar refractivity (Wildman–Crippen MR) is 173 cm³/mol. The zero-order valence-electron chi connectivity index (χ0n) is 21.8. The Bertz CT molecular complexity index is 2130. The Balaban J connectivity index is 1.47. The zero-order valence-corrected chi connectivity index (χ0v) is 24.0. The number of benzene rings is 5. The van der Waals surface area contributed by atoms with Crippen LogP contribution in [0.5, 0.6) is 0 Å². The summed E-state index contributed by atoms with van der Waals surface area (Å²) in [7, 11) is 0. The smallest absolute Gasteiger partial charge is 0.389 e. The lowest BCUT2D eigenvalue weighted by atomic mass is 9.84. The first-order chi connectivity index (χ1) is 20.0. The van der Waals surface area contributed by atoms with Gasteiger partial charge in [0.25, 0.3) is 0 Å². The van der Waals surface area contributed by atoms with Crippen molar-refractivity contribution in [1.29, 1.82) is 0 Å². The molecule has 6 heteroatoms. The van der Waals surface area contributed by atoms with Crippen molar-refractivity contribution in [3.05, 3.63) is 160 Å². The van der Waals surface area contributed by atoms with Crippen LogP contribution in [0.1, 0.15) is 16.8 Å². The molecule has 0 spiro atoms. The average Bonchev–Trinajstić information content (AvgIpc) is 3.64. The molecule has 0 radical (unpaired) electrons. The summed E-state index contributed by atoms with van der Waals surface area (Å²) in [5, 5.41) is 3.94. The normalized spacial score (nSPS) is 15.6. The minimum absolute atomic E-state index is 0.507. The predicted octanol–water partition coefficient (Wildman–Crippen LogP) is 9.13.